The van der Waals surface area contributed by atoms with Gasteiger partial charge in [-0.1, -0.05) is 25.1 Å². The van der Waals surface area contributed by atoms with Crippen molar-refractivity contribution in [2.45, 2.75) is 39.2 Å². The zero-order valence-corrected chi connectivity index (χ0v) is 16.5. The first kappa shape index (κ1) is 19.0. The van der Waals surface area contributed by atoms with Gasteiger partial charge in [-0.15, -0.1) is 0 Å². The molecule has 0 saturated carbocycles. The second-order valence-electron chi connectivity index (χ2n) is 6.45. The van der Waals surface area contributed by atoms with Crippen LogP contribution < -0.4 is 5.73 Å². The van der Waals surface area contributed by atoms with Gasteiger partial charge < -0.3 is 15.0 Å². The van der Waals surface area contributed by atoms with Crippen LogP contribution in [0.2, 0.25) is 0 Å². The number of rotatable bonds is 10. The van der Waals surface area contributed by atoms with Crippen molar-refractivity contribution in [1.29, 1.82) is 0 Å². The number of imidazole rings is 1. The molecular formula is C20H28N4OS. The van der Waals surface area contributed by atoms with Crippen molar-refractivity contribution in [3.63, 3.8) is 0 Å². The van der Waals surface area contributed by atoms with Gasteiger partial charge in [0.05, 0.1) is 17.6 Å². The van der Waals surface area contributed by atoms with Crippen LogP contribution in [-0.2, 0) is 17.7 Å². The minimum Gasteiger partial charge on any atom is -0.382 e. The SMILES string of the molecule is CCCc1nc2c(N)nc3ccccc3c2n1CCOCCCCSC. The van der Waals surface area contributed by atoms with Gasteiger partial charge >= 0.3 is 0 Å². The van der Waals surface area contributed by atoms with Crippen LogP contribution >= 0.6 is 11.8 Å². The number of hydrogen-bond donors (Lipinski definition) is 1. The molecule has 6 heteroatoms. The van der Waals surface area contributed by atoms with Crippen LogP contribution in [0.1, 0.15) is 32.0 Å². The van der Waals surface area contributed by atoms with Gasteiger partial charge in [0.25, 0.3) is 0 Å². The number of ether oxygens (including phenoxy) is 1. The van der Waals surface area contributed by atoms with Gasteiger partial charge in [0, 0.05) is 25.0 Å². The van der Waals surface area contributed by atoms with Crippen molar-refractivity contribution in [2.24, 2.45) is 0 Å². The Balaban J connectivity index is 1.85. The number of nitrogens with zero attached hydrogens (tertiary/aromatic N) is 3. The lowest BCUT2D eigenvalue weighted by Crippen LogP contribution is -2.10. The monoisotopic (exact) mass is 372 g/mol. The summed E-state index contributed by atoms with van der Waals surface area (Å²) in [5.41, 5.74) is 9.02. The largest absolute Gasteiger partial charge is 0.382 e. The summed E-state index contributed by atoms with van der Waals surface area (Å²) in [7, 11) is 0. The highest BCUT2D eigenvalue weighted by Gasteiger charge is 2.16. The topological polar surface area (TPSA) is 66.0 Å². The summed E-state index contributed by atoms with van der Waals surface area (Å²) in [5, 5.41) is 1.10. The molecule has 0 spiro atoms. The fourth-order valence-corrected chi connectivity index (χ4v) is 3.76. The molecule has 1 aromatic carbocycles. The molecular weight excluding hydrogens is 344 g/mol. The second kappa shape index (κ2) is 9.24. The van der Waals surface area contributed by atoms with E-state index >= 15 is 0 Å². The Hall–Kier alpha value is -1.79. The van der Waals surface area contributed by atoms with E-state index in [-0.39, 0.29) is 0 Å². The number of hydrogen-bond acceptors (Lipinski definition) is 5. The van der Waals surface area contributed by atoms with E-state index in [1.807, 2.05) is 30.0 Å². The molecule has 2 aromatic heterocycles. The predicted molar refractivity (Wildman–Crippen MR) is 112 cm³/mol. The summed E-state index contributed by atoms with van der Waals surface area (Å²) < 4.78 is 8.15. The molecule has 0 aliphatic carbocycles. The average molecular weight is 373 g/mol. The summed E-state index contributed by atoms with van der Waals surface area (Å²) in [6, 6.07) is 8.14. The maximum Gasteiger partial charge on any atom is 0.152 e. The number of nitrogens with two attached hydrogens (primary N) is 1. The number of anilines is 1. The van der Waals surface area contributed by atoms with Crippen LogP contribution in [0.5, 0.6) is 0 Å². The fourth-order valence-electron chi connectivity index (χ4n) is 3.27. The number of thioether (sulfide) groups is 1. The first-order chi connectivity index (χ1) is 12.8. The van der Waals surface area contributed by atoms with Gasteiger partial charge in [0.1, 0.15) is 11.3 Å². The third-order valence-corrected chi connectivity index (χ3v) is 5.21. The van der Waals surface area contributed by atoms with E-state index in [2.05, 4.69) is 28.8 Å². The van der Waals surface area contributed by atoms with Crippen LogP contribution in [0.4, 0.5) is 5.82 Å². The summed E-state index contributed by atoms with van der Waals surface area (Å²) in [4.78, 5) is 9.33. The van der Waals surface area contributed by atoms with Crippen LogP contribution in [-0.4, -0.2) is 39.8 Å². The number of para-hydroxylation sites is 1. The lowest BCUT2D eigenvalue weighted by atomic mass is 10.2. The van der Waals surface area contributed by atoms with Crippen LogP contribution in [0.15, 0.2) is 24.3 Å². The lowest BCUT2D eigenvalue weighted by Gasteiger charge is -2.11. The summed E-state index contributed by atoms with van der Waals surface area (Å²) in [6.45, 7) is 4.48. The van der Waals surface area contributed by atoms with Crippen molar-refractivity contribution in [2.75, 3.05) is 31.0 Å². The lowest BCUT2D eigenvalue weighted by molar-refractivity contribution is 0.124. The number of benzene rings is 1. The molecule has 2 heterocycles. The molecule has 0 atom stereocenters. The third-order valence-electron chi connectivity index (χ3n) is 4.51. The minimum atomic E-state index is 0.507. The molecule has 0 saturated heterocycles. The Bertz CT molecular complexity index is 862. The first-order valence-corrected chi connectivity index (χ1v) is 10.8. The van der Waals surface area contributed by atoms with E-state index in [4.69, 9.17) is 15.5 Å². The molecule has 0 bridgehead atoms. The second-order valence-corrected chi connectivity index (χ2v) is 7.44. The number of fused-ring (bicyclic) bond motifs is 3. The molecule has 5 nitrogen and oxygen atoms in total. The standard InChI is InChI=1S/C20H28N4OS/c1-3-8-17-23-18-19(15-9-4-5-10-16(15)22-20(18)21)24(17)11-13-25-12-6-7-14-26-2/h4-5,9-10H,3,6-8,11-14H2,1-2H3,(H2,21,22). The zero-order valence-electron chi connectivity index (χ0n) is 15.7. The Morgan fingerprint density at radius 1 is 1.15 bits per heavy atom. The van der Waals surface area contributed by atoms with Gasteiger partial charge in [-0.3, -0.25) is 0 Å². The smallest absolute Gasteiger partial charge is 0.152 e. The van der Waals surface area contributed by atoms with E-state index < -0.39 is 0 Å². The molecule has 2 N–H and O–H groups in total. The maximum absolute atomic E-state index is 6.20. The molecule has 0 radical (unpaired) electrons. The zero-order chi connectivity index (χ0) is 18.4. The predicted octanol–water partition coefficient (Wildman–Crippen LogP) is 4.28. The molecule has 3 rings (SSSR count). The number of aryl methyl sites for hydroxylation is 1. The van der Waals surface area contributed by atoms with E-state index in [1.54, 1.807) is 0 Å². The van der Waals surface area contributed by atoms with Crippen LogP contribution in [0, 0.1) is 0 Å². The summed E-state index contributed by atoms with van der Waals surface area (Å²) in [6.07, 6.45) is 6.45. The number of unbranched alkanes of at least 4 members (excludes halogenated alkanes) is 1. The highest BCUT2D eigenvalue weighted by molar-refractivity contribution is 7.98. The normalized spacial score (nSPS) is 11.6. The molecule has 0 aliphatic heterocycles. The molecule has 0 unspecified atom stereocenters. The summed E-state index contributed by atoms with van der Waals surface area (Å²) in [5.74, 6) is 2.78. The highest BCUT2D eigenvalue weighted by atomic mass is 32.2. The van der Waals surface area contributed by atoms with Crippen molar-refractivity contribution in [1.82, 2.24) is 14.5 Å². The van der Waals surface area contributed by atoms with Gasteiger partial charge in [0.2, 0.25) is 0 Å². The van der Waals surface area contributed by atoms with Crippen LogP contribution in [0.3, 0.4) is 0 Å². The van der Waals surface area contributed by atoms with Crippen molar-refractivity contribution in [3.8, 4) is 0 Å². The van der Waals surface area contributed by atoms with Gasteiger partial charge in [-0.2, -0.15) is 11.8 Å². The number of nitrogen functional groups attached to an aromatic ring is 1. The molecule has 0 aliphatic rings. The Labute approximate surface area is 159 Å². The Kier molecular flexibility index (Phi) is 6.74. The molecule has 26 heavy (non-hydrogen) atoms. The Morgan fingerprint density at radius 3 is 2.81 bits per heavy atom. The van der Waals surface area contributed by atoms with Crippen molar-refractivity contribution < 1.29 is 4.74 Å². The summed E-state index contributed by atoms with van der Waals surface area (Å²) >= 11 is 1.89. The minimum absolute atomic E-state index is 0.507. The average Bonchev–Trinajstić information content (AvgIpc) is 3.01. The molecule has 3 aromatic rings. The van der Waals surface area contributed by atoms with Crippen molar-refractivity contribution in [3.05, 3.63) is 30.1 Å². The quantitative estimate of drug-likeness (QED) is 0.538. The van der Waals surface area contributed by atoms with Crippen molar-refractivity contribution >= 4 is 39.5 Å². The molecule has 0 fully saturated rings. The Morgan fingerprint density at radius 2 is 2.00 bits per heavy atom. The van der Waals surface area contributed by atoms with E-state index in [0.717, 1.165) is 60.2 Å². The van der Waals surface area contributed by atoms with E-state index in [9.17, 15) is 0 Å². The molecule has 0 amide bonds. The fraction of sp³-hybridized carbons (Fsp3) is 0.500. The van der Waals surface area contributed by atoms with Gasteiger partial charge in [-0.05, 0) is 37.3 Å². The molecule has 140 valence electrons. The number of aromatic nitrogens is 3. The van der Waals surface area contributed by atoms with Gasteiger partial charge in [0.15, 0.2) is 5.82 Å². The van der Waals surface area contributed by atoms with Gasteiger partial charge in [-0.25, -0.2) is 9.97 Å². The van der Waals surface area contributed by atoms with Crippen LogP contribution in [0.25, 0.3) is 21.9 Å². The van der Waals surface area contributed by atoms with E-state index in [0.29, 0.717) is 12.4 Å². The number of pyridine rings is 1. The first-order valence-electron chi connectivity index (χ1n) is 9.36. The highest BCUT2D eigenvalue weighted by Crippen LogP contribution is 2.29. The van der Waals surface area contributed by atoms with E-state index in [1.165, 1.54) is 12.2 Å². The third kappa shape index (κ3) is 4.13. The maximum atomic E-state index is 6.20.